The van der Waals surface area contributed by atoms with Gasteiger partial charge in [-0.1, -0.05) is 6.07 Å². The first-order valence-electron chi connectivity index (χ1n) is 7.55. The molecule has 1 heterocycles. The van der Waals surface area contributed by atoms with Crippen LogP contribution < -0.4 is 0 Å². The minimum Gasteiger partial charge on any atom is -0.813 e. The number of hydrogen-bond donors (Lipinski definition) is 0. The first kappa shape index (κ1) is 21.9. The van der Waals surface area contributed by atoms with Crippen LogP contribution in [0, 0.1) is 6.07 Å². The summed E-state index contributed by atoms with van der Waals surface area (Å²) in [5, 5.41) is 2.66. The summed E-state index contributed by atoms with van der Waals surface area (Å²) in [6.45, 7) is 0. The molecule has 1 unspecified atom stereocenters. The monoisotopic (exact) mass is 541 g/mol. The maximum absolute atomic E-state index is 5.59. The molecule has 26 heavy (non-hydrogen) atoms. The van der Waals surface area contributed by atoms with Crippen molar-refractivity contribution in [1.82, 2.24) is 0 Å². The van der Waals surface area contributed by atoms with Crippen LogP contribution in [0.25, 0.3) is 16.8 Å². The number of fused-ring (bicyclic) bond motifs is 4. The average molecular weight is 544 g/mol. The van der Waals surface area contributed by atoms with Crippen molar-refractivity contribution < 1.29 is 25.6 Å². The van der Waals surface area contributed by atoms with E-state index in [9.17, 15) is 0 Å². The molecule has 1 atom stereocenters. The Kier molecular flexibility index (Phi) is 9.13. The molecule has 2 aliphatic rings. The predicted molar refractivity (Wildman–Crippen MR) is 114 cm³/mol. The quantitative estimate of drug-likeness (QED) is 0.174. The summed E-state index contributed by atoms with van der Waals surface area (Å²) in [4.78, 5) is 0. The number of benzene rings is 2. The van der Waals surface area contributed by atoms with Crippen LogP contribution in [-0.2, 0) is 39.1 Å². The summed E-state index contributed by atoms with van der Waals surface area (Å²) in [6, 6.07) is 23.9. The zero-order valence-corrected chi connectivity index (χ0v) is 19.9. The minimum absolute atomic E-state index is 0. The van der Waals surface area contributed by atoms with Crippen LogP contribution >= 0.6 is 33.0 Å². The molecule has 134 valence electrons. The second-order valence-corrected chi connectivity index (χ2v) is 9.87. The number of thiol groups is 1. The Balaban J connectivity index is 0.000000165. The zero-order chi connectivity index (χ0) is 17.6. The zero-order valence-electron chi connectivity index (χ0n) is 13.5. The van der Waals surface area contributed by atoms with Gasteiger partial charge in [0.15, 0.2) is 4.67 Å². The number of halogens is 3. The van der Waals surface area contributed by atoms with Crippen LogP contribution in [0.3, 0.4) is 0 Å². The minimum atomic E-state index is -0.826. The van der Waals surface area contributed by atoms with Crippen molar-refractivity contribution in [2.75, 3.05) is 0 Å². The standard InChI is InChI=1S/C11H6BrO.C9H7.2ClH.H2S.Zr/c12-10-6-8-5-7-3-1-2-4-9(7)11(8)13-10;1-2-5-9-7-3-6-8(9)4-1;;;;/h1-3,5-6,11H;1-7H;2*1H;1H2;/q2*-1;;;;+2/p-3. The van der Waals surface area contributed by atoms with Gasteiger partial charge >= 0.3 is 37.9 Å². The Hall–Kier alpha value is -0.377. The molecule has 0 amide bonds. The van der Waals surface area contributed by atoms with E-state index in [1.807, 2.05) is 18.2 Å². The number of hydrogen-bond acceptors (Lipinski definition) is 2. The van der Waals surface area contributed by atoms with Crippen molar-refractivity contribution in [1.29, 1.82) is 0 Å². The molecule has 1 nitrogen and oxygen atoms in total. The maximum Gasteiger partial charge on any atom is -0.0809 e. The van der Waals surface area contributed by atoms with E-state index in [0.717, 1.165) is 10.2 Å². The van der Waals surface area contributed by atoms with E-state index >= 15 is 0 Å². The Morgan fingerprint density at radius 1 is 1.08 bits per heavy atom. The average Bonchev–Trinajstić information content (AvgIpc) is 3.29. The van der Waals surface area contributed by atoms with Crippen LogP contribution in [0.2, 0.25) is 0 Å². The molecule has 0 bridgehead atoms. The first-order chi connectivity index (χ1) is 12.2. The number of ether oxygens (including phenoxy) is 1. The molecule has 3 aromatic rings. The predicted octanol–water partition coefficient (Wildman–Crippen LogP) is 6.86. The third-order valence-electron chi connectivity index (χ3n) is 3.87. The molecule has 5 rings (SSSR count). The Bertz CT molecular complexity index is 893. The summed E-state index contributed by atoms with van der Waals surface area (Å²) in [5.74, 6) is 0. The molecular weight excluding hydrogens is 530 g/mol. The third-order valence-corrected chi connectivity index (χ3v) is 4.28. The van der Waals surface area contributed by atoms with Gasteiger partial charge in [-0.25, -0.2) is 0 Å². The van der Waals surface area contributed by atoms with Gasteiger partial charge in [-0.3, -0.25) is 0 Å². The summed E-state index contributed by atoms with van der Waals surface area (Å²) in [5.41, 5.74) is 3.58. The van der Waals surface area contributed by atoms with E-state index in [1.54, 1.807) is 0 Å². The second kappa shape index (κ2) is 10.8. The van der Waals surface area contributed by atoms with Crippen molar-refractivity contribution in [2.45, 2.75) is 6.10 Å². The van der Waals surface area contributed by atoms with E-state index in [-0.39, 0.29) is 19.6 Å². The molecule has 0 radical (unpaired) electrons. The van der Waals surface area contributed by atoms with E-state index in [2.05, 4.69) is 76.6 Å². The first-order valence-corrected chi connectivity index (χ1v) is 14.7. The van der Waals surface area contributed by atoms with Gasteiger partial charge in [0.05, 0.1) is 0 Å². The molecule has 0 saturated heterocycles. The van der Waals surface area contributed by atoms with Crippen molar-refractivity contribution in [2.24, 2.45) is 0 Å². The fourth-order valence-corrected chi connectivity index (χ4v) is 3.28. The SMILES string of the molecule is BrC1=CC2=Cc3ccc[c-]c3C2O1.[Cl][Zr][Cl].[SH-].c1ccc2[cH-]ccc2c1. The Morgan fingerprint density at radius 3 is 2.62 bits per heavy atom. The Labute approximate surface area is 187 Å². The fourth-order valence-electron chi connectivity index (χ4n) is 2.83. The molecule has 0 N–H and O–H groups in total. The van der Waals surface area contributed by atoms with E-state index in [0.29, 0.717) is 0 Å². The third kappa shape index (κ3) is 5.33. The van der Waals surface area contributed by atoms with Crippen LogP contribution in [0.15, 0.2) is 77.0 Å². The maximum atomic E-state index is 5.59. The molecule has 0 spiro atoms. The van der Waals surface area contributed by atoms with Crippen molar-refractivity contribution >= 4 is 63.3 Å². The van der Waals surface area contributed by atoms with Gasteiger partial charge in [-0.15, -0.1) is 46.9 Å². The van der Waals surface area contributed by atoms with Gasteiger partial charge < -0.3 is 18.2 Å². The van der Waals surface area contributed by atoms with E-state index in [1.165, 1.54) is 21.9 Å². The molecule has 6 heteroatoms. The van der Waals surface area contributed by atoms with E-state index in [4.69, 9.17) is 21.8 Å². The van der Waals surface area contributed by atoms with Crippen molar-refractivity contribution in [3.8, 4) is 0 Å². The molecule has 0 fully saturated rings. The molecular formula is C20H14BrCl2OSZr-3. The molecule has 3 aromatic carbocycles. The normalized spacial score (nSPS) is 15.6. The van der Waals surface area contributed by atoms with Gasteiger partial charge in [0.25, 0.3) is 0 Å². The van der Waals surface area contributed by atoms with Crippen molar-refractivity contribution in [3.05, 3.63) is 94.2 Å². The fraction of sp³-hybridized carbons (Fsp3) is 0.0500. The van der Waals surface area contributed by atoms with Crippen LogP contribution in [0.4, 0.5) is 0 Å². The summed E-state index contributed by atoms with van der Waals surface area (Å²) in [6.07, 6.45) is 4.23. The van der Waals surface area contributed by atoms with Gasteiger partial charge in [-0.2, -0.15) is 41.8 Å². The van der Waals surface area contributed by atoms with Gasteiger partial charge in [0, 0.05) is 0 Å². The smallest absolute Gasteiger partial charge is 0.0809 e. The molecule has 0 saturated carbocycles. The summed E-state index contributed by atoms with van der Waals surface area (Å²) < 4.78 is 6.40. The second-order valence-electron chi connectivity index (χ2n) is 5.36. The largest absolute Gasteiger partial charge is 0.813 e. The topological polar surface area (TPSA) is 9.23 Å². The van der Waals surface area contributed by atoms with Crippen LogP contribution in [-0.4, -0.2) is 0 Å². The summed E-state index contributed by atoms with van der Waals surface area (Å²) >= 11 is 2.50. The summed E-state index contributed by atoms with van der Waals surface area (Å²) in [7, 11) is 9.87. The number of rotatable bonds is 0. The van der Waals surface area contributed by atoms with Crippen LogP contribution in [0.5, 0.6) is 0 Å². The molecule has 0 aromatic heterocycles. The van der Waals surface area contributed by atoms with Crippen LogP contribution in [0.1, 0.15) is 17.2 Å². The molecule has 1 aliphatic heterocycles. The van der Waals surface area contributed by atoms with Gasteiger partial charge in [-0.05, 0) is 27.6 Å². The van der Waals surface area contributed by atoms with E-state index < -0.39 is 20.8 Å². The van der Waals surface area contributed by atoms with Crippen molar-refractivity contribution in [3.63, 3.8) is 0 Å². The van der Waals surface area contributed by atoms with Gasteiger partial charge in [0.2, 0.25) is 0 Å². The Morgan fingerprint density at radius 2 is 1.85 bits per heavy atom. The van der Waals surface area contributed by atoms with Gasteiger partial charge in [0.1, 0.15) is 6.10 Å². The molecule has 1 aliphatic carbocycles.